The Morgan fingerprint density at radius 1 is 1.29 bits per heavy atom. The van der Waals surface area contributed by atoms with Crippen LogP contribution >= 0.6 is 11.6 Å². The van der Waals surface area contributed by atoms with Crippen molar-refractivity contribution in [3.63, 3.8) is 0 Å². The zero-order chi connectivity index (χ0) is 23.7. The average Bonchev–Trinajstić information content (AvgIpc) is 3.40. The number of hydrogen-bond acceptors (Lipinski definition) is 7. The van der Waals surface area contributed by atoms with E-state index in [9.17, 15) is 4.79 Å². The summed E-state index contributed by atoms with van der Waals surface area (Å²) in [5.41, 5.74) is 5.02. The Labute approximate surface area is 204 Å². The number of nitrogens with zero attached hydrogens (tertiary/aromatic N) is 5. The summed E-state index contributed by atoms with van der Waals surface area (Å²) in [6.45, 7) is 8.24. The fourth-order valence-electron chi connectivity index (χ4n) is 5.04. The first-order valence-electron chi connectivity index (χ1n) is 11.9. The molecule has 5 rings (SSSR count). The Kier molecular flexibility index (Phi) is 6.70. The molecule has 2 aromatic heterocycles. The quantitative estimate of drug-likeness (QED) is 0.625. The smallest absolute Gasteiger partial charge is 0.214 e. The number of carbonyl (C=O) groups excluding carboxylic acids is 1. The van der Waals surface area contributed by atoms with Gasteiger partial charge < -0.3 is 14.4 Å². The Hall–Kier alpha value is -2.71. The normalized spacial score (nSPS) is 23.1. The summed E-state index contributed by atoms with van der Waals surface area (Å²) in [6, 6.07) is 4.00. The number of halogens is 1. The van der Waals surface area contributed by atoms with E-state index in [2.05, 4.69) is 33.4 Å². The number of ether oxygens (including phenoxy) is 2. The topological polar surface area (TPSA) is 81.8 Å². The molecule has 0 aromatic carbocycles. The van der Waals surface area contributed by atoms with Gasteiger partial charge in [0.1, 0.15) is 17.7 Å². The lowest BCUT2D eigenvalue weighted by molar-refractivity contribution is -0.113. The van der Waals surface area contributed by atoms with Crippen LogP contribution in [0.1, 0.15) is 30.7 Å². The number of hydrogen-bond donors (Lipinski definition) is 0. The molecular weight excluding hydrogens is 454 g/mol. The number of dihydropyridines is 1. The maximum Gasteiger partial charge on any atom is 0.214 e. The van der Waals surface area contributed by atoms with Crippen LogP contribution in [0.5, 0.6) is 5.88 Å². The van der Waals surface area contributed by atoms with E-state index in [4.69, 9.17) is 26.2 Å². The molecule has 0 radical (unpaired) electrons. The molecule has 8 nitrogen and oxygen atoms in total. The summed E-state index contributed by atoms with van der Waals surface area (Å²) < 4.78 is 14.0. The van der Waals surface area contributed by atoms with E-state index < -0.39 is 0 Å². The molecule has 0 saturated carbocycles. The minimum atomic E-state index is -0.139. The lowest BCUT2D eigenvalue weighted by atomic mass is 10.0. The van der Waals surface area contributed by atoms with Crippen LogP contribution in [0, 0.1) is 19.8 Å². The second kappa shape index (κ2) is 9.88. The van der Waals surface area contributed by atoms with Gasteiger partial charge in [-0.05, 0) is 38.3 Å². The van der Waals surface area contributed by atoms with Gasteiger partial charge >= 0.3 is 0 Å². The molecule has 2 atom stereocenters. The highest BCUT2D eigenvalue weighted by atomic mass is 35.5. The van der Waals surface area contributed by atoms with Crippen LogP contribution in [0.25, 0.3) is 11.1 Å². The number of ketones is 1. The molecule has 34 heavy (non-hydrogen) atoms. The molecule has 9 heteroatoms. The van der Waals surface area contributed by atoms with Gasteiger partial charge in [0.15, 0.2) is 5.78 Å². The van der Waals surface area contributed by atoms with E-state index >= 15 is 0 Å². The molecule has 2 saturated heterocycles. The number of rotatable bonds is 6. The minimum absolute atomic E-state index is 0.0404. The molecule has 0 amide bonds. The minimum Gasteiger partial charge on any atom is -0.472 e. The number of allylic oxidation sites excluding steroid dienone is 1. The zero-order valence-electron chi connectivity index (χ0n) is 19.7. The highest BCUT2D eigenvalue weighted by Gasteiger charge is 2.29. The summed E-state index contributed by atoms with van der Waals surface area (Å²) in [5.74, 6) is 0.958. The predicted octanol–water partition coefficient (Wildman–Crippen LogP) is 3.55. The molecule has 0 spiro atoms. The first-order valence-corrected chi connectivity index (χ1v) is 12.3. The highest BCUT2D eigenvalue weighted by Crippen LogP contribution is 2.31. The van der Waals surface area contributed by atoms with Crippen molar-refractivity contribution in [1.29, 1.82) is 0 Å². The summed E-state index contributed by atoms with van der Waals surface area (Å²) in [6.07, 6.45) is 6.55. The summed E-state index contributed by atoms with van der Waals surface area (Å²) >= 11 is 6.23. The van der Waals surface area contributed by atoms with Gasteiger partial charge in [-0.15, -0.1) is 0 Å². The average molecular weight is 484 g/mol. The largest absolute Gasteiger partial charge is 0.472 e. The molecule has 2 aromatic rings. The molecule has 3 aliphatic heterocycles. The SMILES string of the molecule is Cc1nn(CC2CCCOC2)c(C)c1-c1ccnc(O[C@@H]2CCN(C3=C(Cl)C(=O)CN=C3)C2)c1. The predicted molar refractivity (Wildman–Crippen MR) is 130 cm³/mol. The Morgan fingerprint density at radius 3 is 3.00 bits per heavy atom. The van der Waals surface area contributed by atoms with Gasteiger partial charge in [0.05, 0.1) is 24.5 Å². The number of aromatic nitrogens is 3. The van der Waals surface area contributed by atoms with E-state index in [0.717, 1.165) is 61.7 Å². The van der Waals surface area contributed by atoms with Crippen LogP contribution in [-0.2, 0) is 16.1 Å². The molecule has 0 N–H and O–H groups in total. The van der Waals surface area contributed by atoms with Crippen molar-refractivity contribution < 1.29 is 14.3 Å². The number of Topliss-reactive ketones (excluding diaryl/α,β-unsaturated/α-hetero) is 1. The van der Waals surface area contributed by atoms with E-state index in [1.165, 1.54) is 6.42 Å². The van der Waals surface area contributed by atoms with Gasteiger partial charge in [0, 0.05) is 61.8 Å². The van der Waals surface area contributed by atoms with Crippen molar-refractivity contribution in [1.82, 2.24) is 19.7 Å². The third kappa shape index (κ3) is 4.74. The van der Waals surface area contributed by atoms with Gasteiger partial charge in [0.25, 0.3) is 0 Å². The lowest BCUT2D eigenvalue weighted by Gasteiger charge is -2.22. The van der Waals surface area contributed by atoms with E-state index in [-0.39, 0.29) is 23.5 Å². The van der Waals surface area contributed by atoms with Crippen molar-refractivity contribution in [2.75, 3.05) is 32.8 Å². The zero-order valence-corrected chi connectivity index (χ0v) is 20.4. The molecule has 0 bridgehead atoms. The Balaban J connectivity index is 1.29. The third-order valence-electron chi connectivity index (χ3n) is 6.78. The summed E-state index contributed by atoms with van der Waals surface area (Å²) in [7, 11) is 0. The van der Waals surface area contributed by atoms with Crippen LogP contribution in [0.15, 0.2) is 34.1 Å². The fourth-order valence-corrected chi connectivity index (χ4v) is 5.26. The molecule has 180 valence electrons. The van der Waals surface area contributed by atoms with Crippen molar-refractivity contribution in [2.24, 2.45) is 10.9 Å². The summed E-state index contributed by atoms with van der Waals surface area (Å²) in [4.78, 5) is 22.5. The number of pyridine rings is 1. The van der Waals surface area contributed by atoms with Crippen molar-refractivity contribution >= 4 is 23.6 Å². The lowest BCUT2D eigenvalue weighted by Crippen LogP contribution is -2.28. The van der Waals surface area contributed by atoms with Crippen molar-refractivity contribution in [3.05, 3.63) is 40.4 Å². The first-order chi connectivity index (χ1) is 16.5. The van der Waals surface area contributed by atoms with Gasteiger partial charge in [-0.2, -0.15) is 5.10 Å². The number of likely N-dealkylation sites (tertiary alicyclic amines) is 1. The van der Waals surface area contributed by atoms with Crippen LogP contribution in [0.4, 0.5) is 0 Å². The van der Waals surface area contributed by atoms with Gasteiger partial charge in [0.2, 0.25) is 5.88 Å². The van der Waals surface area contributed by atoms with Crippen molar-refractivity contribution in [3.8, 4) is 17.0 Å². The monoisotopic (exact) mass is 483 g/mol. The highest BCUT2D eigenvalue weighted by molar-refractivity contribution is 6.44. The standard InChI is InChI=1S/C25H30ClN5O3/c1-16-24(17(2)31(29-16)13-18-4-3-9-33-15-18)19-5-7-28-23(10-19)34-20-6-8-30(14-20)21-11-27-12-22(32)25(21)26/h5,7,10-11,18,20H,3-4,6,8-9,12-15H2,1-2H3/t18?,20-/m1/s1. The molecule has 5 heterocycles. The van der Waals surface area contributed by atoms with Crippen LogP contribution < -0.4 is 4.74 Å². The first kappa shape index (κ1) is 23.1. The van der Waals surface area contributed by atoms with Gasteiger partial charge in [-0.1, -0.05) is 11.6 Å². The molecule has 1 unspecified atom stereocenters. The van der Waals surface area contributed by atoms with Crippen LogP contribution in [-0.4, -0.2) is 70.6 Å². The summed E-state index contributed by atoms with van der Waals surface area (Å²) in [5, 5.41) is 5.09. The van der Waals surface area contributed by atoms with E-state index in [1.807, 2.05) is 12.1 Å². The Bertz CT molecular complexity index is 1140. The number of aliphatic imine (C=N–C) groups is 1. The van der Waals surface area contributed by atoms with E-state index in [0.29, 0.717) is 24.0 Å². The van der Waals surface area contributed by atoms with Crippen LogP contribution in [0.3, 0.4) is 0 Å². The Morgan fingerprint density at radius 2 is 2.18 bits per heavy atom. The second-order valence-corrected chi connectivity index (χ2v) is 9.64. The number of carbonyl (C=O) groups is 1. The maximum atomic E-state index is 11.9. The fraction of sp³-hybridized carbons (Fsp3) is 0.520. The van der Waals surface area contributed by atoms with Crippen molar-refractivity contribution in [2.45, 2.75) is 45.8 Å². The molecule has 2 fully saturated rings. The number of aryl methyl sites for hydroxylation is 1. The second-order valence-electron chi connectivity index (χ2n) is 9.26. The van der Waals surface area contributed by atoms with Gasteiger partial charge in [-0.3, -0.25) is 14.5 Å². The van der Waals surface area contributed by atoms with Crippen LogP contribution in [0.2, 0.25) is 0 Å². The molecule has 3 aliphatic rings. The maximum absolute atomic E-state index is 11.9. The van der Waals surface area contributed by atoms with E-state index in [1.54, 1.807) is 12.4 Å². The molecular formula is C25H30ClN5O3. The third-order valence-corrected chi connectivity index (χ3v) is 7.19. The molecule has 0 aliphatic carbocycles. The van der Waals surface area contributed by atoms with Gasteiger partial charge in [-0.25, -0.2) is 4.98 Å².